The van der Waals surface area contributed by atoms with Gasteiger partial charge in [-0.2, -0.15) is 11.8 Å². The van der Waals surface area contributed by atoms with Crippen LogP contribution in [0.1, 0.15) is 38.5 Å². The number of nitrogens with zero attached hydrogens (tertiary/aromatic N) is 1. The Bertz CT molecular complexity index is 379. The van der Waals surface area contributed by atoms with E-state index in [4.69, 9.17) is 0 Å². The summed E-state index contributed by atoms with van der Waals surface area (Å²) in [6, 6.07) is 0.647. The van der Waals surface area contributed by atoms with Crippen molar-refractivity contribution >= 4 is 21.6 Å². The van der Waals surface area contributed by atoms with Gasteiger partial charge in [-0.3, -0.25) is 4.90 Å². The highest BCUT2D eigenvalue weighted by Crippen LogP contribution is 2.20. The van der Waals surface area contributed by atoms with E-state index in [0.717, 1.165) is 31.1 Å². The Morgan fingerprint density at radius 3 is 2.55 bits per heavy atom. The summed E-state index contributed by atoms with van der Waals surface area (Å²) in [5.41, 5.74) is 0. The molecule has 0 aromatic heterocycles. The lowest BCUT2D eigenvalue weighted by molar-refractivity contribution is 0.263. The Morgan fingerprint density at radius 2 is 1.90 bits per heavy atom. The molecule has 0 amide bonds. The fourth-order valence-electron chi connectivity index (χ4n) is 3.16. The first-order valence-electron chi connectivity index (χ1n) is 7.81. The zero-order chi connectivity index (χ0) is 14.4. The van der Waals surface area contributed by atoms with Crippen molar-refractivity contribution in [1.29, 1.82) is 0 Å². The molecule has 1 N–H and O–H groups in total. The average molecular weight is 321 g/mol. The second-order valence-electron chi connectivity index (χ2n) is 6.04. The molecule has 2 aliphatic rings. The summed E-state index contributed by atoms with van der Waals surface area (Å²) in [6.45, 7) is 2.67. The van der Waals surface area contributed by atoms with Crippen molar-refractivity contribution in [2.75, 3.05) is 37.4 Å². The molecule has 2 fully saturated rings. The molecular formula is C14H28N2O2S2. The summed E-state index contributed by atoms with van der Waals surface area (Å²) in [6.07, 6.45) is 9.36. The smallest absolute Gasteiger partial charge is 0.164 e. The van der Waals surface area contributed by atoms with Gasteiger partial charge in [-0.1, -0.05) is 25.7 Å². The maximum atomic E-state index is 11.8. The van der Waals surface area contributed by atoms with Gasteiger partial charge in [-0.25, -0.2) is 8.42 Å². The summed E-state index contributed by atoms with van der Waals surface area (Å²) < 4.78 is 23.7. The van der Waals surface area contributed by atoms with Crippen LogP contribution in [0.2, 0.25) is 0 Å². The molecule has 0 aromatic rings. The minimum Gasteiger partial charge on any atom is -0.313 e. The zero-order valence-electron chi connectivity index (χ0n) is 12.5. The molecule has 1 saturated heterocycles. The highest BCUT2D eigenvalue weighted by atomic mass is 32.2. The Kier molecular flexibility index (Phi) is 6.65. The number of rotatable bonds is 5. The molecule has 118 valence electrons. The molecule has 20 heavy (non-hydrogen) atoms. The van der Waals surface area contributed by atoms with Gasteiger partial charge in [0.15, 0.2) is 9.84 Å². The molecule has 1 aliphatic carbocycles. The third-order valence-electron chi connectivity index (χ3n) is 4.37. The molecule has 0 radical (unpaired) electrons. The summed E-state index contributed by atoms with van der Waals surface area (Å²) in [5, 5.41) is 3.36. The van der Waals surface area contributed by atoms with E-state index in [9.17, 15) is 8.42 Å². The quantitative estimate of drug-likeness (QED) is 0.782. The Labute approximate surface area is 128 Å². The molecule has 1 heterocycles. The number of hydrogen-bond donors (Lipinski definition) is 1. The van der Waals surface area contributed by atoms with E-state index >= 15 is 0 Å². The van der Waals surface area contributed by atoms with Crippen molar-refractivity contribution in [2.24, 2.45) is 0 Å². The highest BCUT2D eigenvalue weighted by molar-refractivity contribution is 8.00. The lowest BCUT2D eigenvalue weighted by Crippen LogP contribution is -2.49. The molecule has 0 spiro atoms. The standard InChI is InChI=1S/C14H28N2O2S2/c1-20(17,18)14-12-19-11-10-16(14)9-8-15-13-6-4-2-3-5-7-13/h13-15H,2-12H2,1H3. The van der Waals surface area contributed by atoms with Gasteiger partial charge in [-0.15, -0.1) is 0 Å². The van der Waals surface area contributed by atoms with Crippen LogP contribution in [-0.2, 0) is 9.84 Å². The van der Waals surface area contributed by atoms with Crippen molar-refractivity contribution in [3.8, 4) is 0 Å². The molecule has 4 nitrogen and oxygen atoms in total. The third kappa shape index (κ3) is 5.20. The van der Waals surface area contributed by atoms with Crippen molar-refractivity contribution in [2.45, 2.75) is 49.9 Å². The Balaban J connectivity index is 1.76. The van der Waals surface area contributed by atoms with E-state index in [1.807, 2.05) is 0 Å². The second-order valence-corrected chi connectivity index (χ2v) is 9.39. The minimum atomic E-state index is -2.96. The molecule has 6 heteroatoms. The number of hydrogen-bond acceptors (Lipinski definition) is 5. The lowest BCUT2D eigenvalue weighted by atomic mass is 10.1. The van der Waals surface area contributed by atoms with E-state index in [1.165, 1.54) is 44.8 Å². The van der Waals surface area contributed by atoms with Crippen LogP contribution in [0.5, 0.6) is 0 Å². The molecule has 0 bridgehead atoms. The minimum absolute atomic E-state index is 0.280. The second kappa shape index (κ2) is 8.01. The van der Waals surface area contributed by atoms with Crippen LogP contribution in [0.25, 0.3) is 0 Å². The van der Waals surface area contributed by atoms with Crippen LogP contribution in [0.3, 0.4) is 0 Å². The summed E-state index contributed by atoms with van der Waals surface area (Å²) >= 11 is 1.76. The normalized spacial score (nSPS) is 27.4. The third-order valence-corrected chi connectivity index (χ3v) is 7.06. The Hall–Kier alpha value is 0.220. The van der Waals surface area contributed by atoms with Crippen LogP contribution in [0, 0.1) is 0 Å². The fourth-order valence-corrected chi connectivity index (χ4v) is 6.13. The van der Waals surface area contributed by atoms with E-state index in [1.54, 1.807) is 11.8 Å². The summed E-state index contributed by atoms with van der Waals surface area (Å²) in [5.74, 6) is 1.78. The molecule has 2 rings (SSSR count). The molecule has 1 saturated carbocycles. The summed E-state index contributed by atoms with van der Waals surface area (Å²) in [4.78, 5) is 2.15. The van der Waals surface area contributed by atoms with E-state index < -0.39 is 9.84 Å². The summed E-state index contributed by atoms with van der Waals surface area (Å²) in [7, 11) is -2.96. The molecule has 0 aromatic carbocycles. The maximum absolute atomic E-state index is 11.8. The van der Waals surface area contributed by atoms with Crippen LogP contribution < -0.4 is 5.32 Å². The molecule has 1 aliphatic heterocycles. The van der Waals surface area contributed by atoms with E-state index in [-0.39, 0.29) is 5.37 Å². The van der Waals surface area contributed by atoms with E-state index in [2.05, 4.69) is 10.2 Å². The first-order valence-corrected chi connectivity index (χ1v) is 10.9. The van der Waals surface area contributed by atoms with Gasteiger partial charge in [0, 0.05) is 43.4 Å². The Morgan fingerprint density at radius 1 is 1.20 bits per heavy atom. The zero-order valence-corrected chi connectivity index (χ0v) is 14.1. The van der Waals surface area contributed by atoms with Gasteiger partial charge in [-0.05, 0) is 12.8 Å². The maximum Gasteiger partial charge on any atom is 0.164 e. The van der Waals surface area contributed by atoms with Gasteiger partial charge in [0.05, 0.1) is 0 Å². The topological polar surface area (TPSA) is 49.4 Å². The number of thioether (sulfide) groups is 1. The average Bonchev–Trinajstić information content (AvgIpc) is 2.67. The van der Waals surface area contributed by atoms with Crippen LogP contribution >= 0.6 is 11.8 Å². The fraction of sp³-hybridized carbons (Fsp3) is 1.00. The van der Waals surface area contributed by atoms with Crippen molar-refractivity contribution < 1.29 is 8.42 Å². The van der Waals surface area contributed by atoms with Gasteiger partial charge in [0.2, 0.25) is 0 Å². The molecule has 1 unspecified atom stereocenters. The monoisotopic (exact) mass is 320 g/mol. The van der Waals surface area contributed by atoms with E-state index in [0.29, 0.717) is 6.04 Å². The van der Waals surface area contributed by atoms with Gasteiger partial charge >= 0.3 is 0 Å². The van der Waals surface area contributed by atoms with Gasteiger partial charge < -0.3 is 5.32 Å². The molecule has 1 atom stereocenters. The van der Waals surface area contributed by atoms with Gasteiger partial charge in [0.1, 0.15) is 5.37 Å². The lowest BCUT2D eigenvalue weighted by Gasteiger charge is -2.34. The van der Waals surface area contributed by atoms with Crippen LogP contribution in [-0.4, -0.2) is 62.1 Å². The predicted octanol–water partition coefficient (Wildman–Crippen LogP) is 1.72. The SMILES string of the molecule is CS(=O)(=O)C1CSCCN1CCNC1CCCCCC1. The van der Waals surface area contributed by atoms with Crippen LogP contribution in [0.4, 0.5) is 0 Å². The highest BCUT2D eigenvalue weighted by Gasteiger charge is 2.30. The van der Waals surface area contributed by atoms with Crippen molar-refractivity contribution in [3.05, 3.63) is 0 Å². The number of nitrogens with one attached hydrogen (secondary N) is 1. The van der Waals surface area contributed by atoms with Gasteiger partial charge in [0.25, 0.3) is 0 Å². The number of sulfone groups is 1. The predicted molar refractivity (Wildman–Crippen MR) is 87.0 cm³/mol. The van der Waals surface area contributed by atoms with Crippen molar-refractivity contribution in [3.63, 3.8) is 0 Å². The first kappa shape index (κ1) is 16.6. The molecular weight excluding hydrogens is 292 g/mol. The van der Waals surface area contributed by atoms with Crippen molar-refractivity contribution in [1.82, 2.24) is 10.2 Å². The first-order chi connectivity index (χ1) is 9.57. The van der Waals surface area contributed by atoms with Crippen LogP contribution in [0.15, 0.2) is 0 Å². The largest absolute Gasteiger partial charge is 0.313 e.